The Morgan fingerprint density at radius 3 is 2.50 bits per heavy atom. The Morgan fingerprint density at radius 2 is 1.94 bits per heavy atom. The fourth-order valence-corrected chi connectivity index (χ4v) is 1.88. The smallest absolute Gasteiger partial charge is 0.407 e. The van der Waals surface area contributed by atoms with Crippen molar-refractivity contribution in [2.24, 2.45) is 0 Å². The molecule has 0 atom stereocenters. The summed E-state index contributed by atoms with van der Waals surface area (Å²) in [6.45, 7) is 1.21. The molecule has 0 aliphatic carbocycles. The minimum absolute atomic E-state index is 0.0652. The normalized spacial score (nSPS) is 15.9. The molecule has 1 heterocycles. The molecule has 0 unspecified atom stereocenters. The second-order valence-corrected chi connectivity index (χ2v) is 4.26. The summed E-state index contributed by atoms with van der Waals surface area (Å²) in [5.41, 5.74) is 7.25. The number of hydrogen-bond donors (Lipinski definition) is 2. The summed E-state index contributed by atoms with van der Waals surface area (Å²) in [5, 5.41) is 8.80. The number of carbonyl (C=O) groups excluding carboxylic acids is 1. The Bertz CT molecular complexity index is 458. The molecular formula is C12H15N3O3. The lowest BCUT2D eigenvalue weighted by atomic mass is 10.2. The Morgan fingerprint density at radius 1 is 1.28 bits per heavy atom. The lowest BCUT2D eigenvalue weighted by molar-refractivity contribution is -0.135. The van der Waals surface area contributed by atoms with Crippen LogP contribution >= 0.6 is 0 Å². The molecule has 0 aromatic heterocycles. The van der Waals surface area contributed by atoms with Gasteiger partial charge in [-0.1, -0.05) is 12.1 Å². The summed E-state index contributed by atoms with van der Waals surface area (Å²) in [6, 6.07) is 7.30. The number of carboxylic acid groups (broad SMARTS) is 1. The van der Waals surface area contributed by atoms with Gasteiger partial charge in [-0.15, -0.1) is 0 Å². The lowest BCUT2D eigenvalue weighted by Gasteiger charge is -2.32. The third-order valence-electron chi connectivity index (χ3n) is 2.94. The van der Waals surface area contributed by atoms with Gasteiger partial charge in [0.1, 0.15) is 6.54 Å². The SMILES string of the molecule is Nc1ccc(CN2CCN(C(=O)O)CC2=O)cc1. The first-order valence-electron chi connectivity index (χ1n) is 5.66. The third kappa shape index (κ3) is 2.71. The Hall–Kier alpha value is -2.24. The summed E-state index contributed by atoms with van der Waals surface area (Å²) >= 11 is 0. The molecule has 96 valence electrons. The van der Waals surface area contributed by atoms with Crippen LogP contribution in [0.15, 0.2) is 24.3 Å². The molecule has 0 radical (unpaired) electrons. The highest BCUT2D eigenvalue weighted by molar-refractivity contribution is 5.83. The molecule has 1 aliphatic rings. The van der Waals surface area contributed by atoms with Gasteiger partial charge in [0, 0.05) is 25.3 Å². The fraction of sp³-hybridized carbons (Fsp3) is 0.333. The highest BCUT2D eigenvalue weighted by Gasteiger charge is 2.26. The number of benzene rings is 1. The summed E-state index contributed by atoms with van der Waals surface area (Å²) in [5.74, 6) is -0.166. The van der Waals surface area contributed by atoms with Crippen LogP contribution in [0.25, 0.3) is 0 Å². The molecule has 1 aromatic carbocycles. The number of nitrogens with zero attached hydrogens (tertiary/aromatic N) is 2. The zero-order valence-corrected chi connectivity index (χ0v) is 9.87. The van der Waals surface area contributed by atoms with Crippen molar-refractivity contribution in [2.75, 3.05) is 25.4 Å². The van der Waals surface area contributed by atoms with E-state index in [1.807, 2.05) is 12.1 Å². The van der Waals surface area contributed by atoms with Crippen LogP contribution in [-0.2, 0) is 11.3 Å². The van der Waals surface area contributed by atoms with Gasteiger partial charge in [-0.05, 0) is 17.7 Å². The van der Waals surface area contributed by atoms with Crippen LogP contribution < -0.4 is 5.73 Å². The Labute approximate surface area is 105 Å². The molecule has 2 rings (SSSR count). The molecule has 3 N–H and O–H groups in total. The van der Waals surface area contributed by atoms with Crippen LogP contribution in [0.1, 0.15) is 5.56 Å². The van der Waals surface area contributed by atoms with Crippen LogP contribution in [-0.4, -0.2) is 46.5 Å². The van der Waals surface area contributed by atoms with Gasteiger partial charge in [-0.2, -0.15) is 0 Å². The van der Waals surface area contributed by atoms with Crippen LogP contribution in [0.3, 0.4) is 0 Å². The fourth-order valence-electron chi connectivity index (χ4n) is 1.88. The minimum Gasteiger partial charge on any atom is -0.465 e. The first kappa shape index (κ1) is 12.2. The van der Waals surface area contributed by atoms with Gasteiger partial charge in [0.2, 0.25) is 5.91 Å². The quantitative estimate of drug-likeness (QED) is 0.751. The minimum atomic E-state index is -1.05. The Kier molecular flexibility index (Phi) is 3.36. The largest absolute Gasteiger partial charge is 0.465 e. The number of piperazine rings is 1. The molecular weight excluding hydrogens is 234 g/mol. The number of hydrogen-bond acceptors (Lipinski definition) is 3. The van der Waals surface area contributed by atoms with Crippen molar-refractivity contribution >= 4 is 17.7 Å². The zero-order valence-electron chi connectivity index (χ0n) is 9.87. The van der Waals surface area contributed by atoms with E-state index in [0.29, 0.717) is 25.3 Å². The molecule has 1 aliphatic heterocycles. The van der Waals surface area contributed by atoms with E-state index in [-0.39, 0.29) is 12.5 Å². The van der Waals surface area contributed by atoms with E-state index in [9.17, 15) is 9.59 Å². The van der Waals surface area contributed by atoms with Crippen molar-refractivity contribution in [3.8, 4) is 0 Å². The standard InChI is InChI=1S/C12H15N3O3/c13-10-3-1-9(2-4-10)7-14-5-6-15(12(17)18)8-11(14)16/h1-4H,5-8,13H2,(H,17,18). The van der Waals surface area contributed by atoms with E-state index in [1.54, 1.807) is 17.0 Å². The maximum Gasteiger partial charge on any atom is 0.407 e. The molecule has 1 aromatic rings. The molecule has 0 saturated carbocycles. The molecule has 6 heteroatoms. The van der Waals surface area contributed by atoms with E-state index < -0.39 is 6.09 Å². The second kappa shape index (κ2) is 4.95. The van der Waals surface area contributed by atoms with Crippen molar-refractivity contribution in [3.63, 3.8) is 0 Å². The van der Waals surface area contributed by atoms with E-state index >= 15 is 0 Å². The van der Waals surface area contributed by atoms with Crippen LogP contribution in [0.2, 0.25) is 0 Å². The average molecular weight is 249 g/mol. The van der Waals surface area contributed by atoms with Gasteiger partial charge in [0.25, 0.3) is 0 Å². The molecule has 1 saturated heterocycles. The van der Waals surface area contributed by atoms with E-state index in [2.05, 4.69) is 0 Å². The predicted octanol–water partition coefficient (Wildman–Crippen LogP) is 0.591. The van der Waals surface area contributed by atoms with Crippen molar-refractivity contribution in [3.05, 3.63) is 29.8 Å². The molecule has 0 spiro atoms. The van der Waals surface area contributed by atoms with Crippen LogP contribution in [0, 0.1) is 0 Å². The first-order valence-corrected chi connectivity index (χ1v) is 5.66. The van der Waals surface area contributed by atoms with Crippen molar-refractivity contribution in [1.29, 1.82) is 0 Å². The molecule has 18 heavy (non-hydrogen) atoms. The summed E-state index contributed by atoms with van der Waals surface area (Å²) in [4.78, 5) is 25.3. The summed E-state index contributed by atoms with van der Waals surface area (Å²) in [7, 11) is 0. The van der Waals surface area contributed by atoms with Crippen LogP contribution in [0.5, 0.6) is 0 Å². The number of nitrogen functional groups attached to an aromatic ring is 1. The predicted molar refractivity (Wildman–Crippen MR) is 65.9 cm³/mol. The third-order valence-corrected chi connectivity index (χ3v) is 2.94. The Balaban J connectivity index is 1.97. The van der Waals surface area contributed by atoms with Crippen molar-refractivity contribution in [2.45, 2.75) is 6.54 Å². The van der Waals surface area contributed by atoms with Gasteiger partial charge < -0.3 is 15.7 Å². The summed E-state index contributed by atoms with van der Waals surface area (Å²) in [6.07, 6.45) is -1.05. The highest BCUT2D eigenvalue weighted by atomic mass is 16.4. The van der Waals surface area contributed by atoms with Crippen molar-refractivity contribution < 1.29 is 14.7 Å². The van der Waals surface area contributed by atoms with Gasteiger partial charge in [0.05, 0.1) is 0 Å². The number of rotatable bonds is 2. The summed E-state index contributed by atoms with van der Waals surface area (Å²) < 4.78 is 0. The molecule has 6 nitrogen and oxygen atoms in total. The first-order chi connectivity index (χ1) is 8.56. The molecule has 2 amide bonds. The zero-order chi connectivity index (χ0) is 13.1. The van der Waals surface area contributed by atoms with E-state index in [1.165, 1.54) is 0 Å². The maximum absolute atomic E-state index is 11.8. The molecule has 0 bridgehead atoms. The van der Waals surface area contributed by atoms with Crippen molar-refractivity contribution in [1.82, 2.24) is 9.80 Å². The molecule has 1 fully saturated rings. The van der Waals surface area contributed by atoms with Crippen LogP contribution in [0.4, 0.5) is 10.5 Å². The number of nitrogens with two attached hydrogens (primary N) is 1. The highest BCUT2D eigenvalue weighted by Crippen LogP contribution is 2.11. The number of anilines is 1. The van der Waals surface area contributed by atoms with Gasteiger partial charge in [0.15, 0.2) is 0 Å². The topological polar surface area (TPSA) is 86.9 Å². The average Bonchev–Trinajstić information content (AvgIpc) is 2.34. The number of carbonyl (C=O) groups is 2. The maximum atomic E-state index is 11.8. The van der Waals surface area contributed by atoms with Gasteiger partial charge in [-0.3, -0.25) is 9.69 Å². The van der Waals surface area contributed by atoms with Gasteiger partial charge >= 0.3 is 6.09 Å². The second-order valence-electron chi connectivity index (χ2n) is 4.26. The van der Waals surface area contributed by atoms with E-state index in [4.69, 9.17) is 10.8 Å². The lowest BCUT2D eigenvalue weighted by Crippen LogP contribution is -2.51. The van der Waals surface area contributed by atoms with E-state index in [0.717, 1.165) is 10.5 Å². The monoisotopic (exact) mass is 249 g/mol. The number of amides is 2. The van der Waals surface area contributed by atoms with Gasteiger partial charge in [-0.25, -0.2) is 4.79 Å².